The number of hydrogen-bond acceptors (Lipinski definition) is 3. The lowest BCUT2D eigenvalue weighted by Crippen LogP contribution is -2.44. The molecular formula is C16H28N2O. The molecule has 0 saturated heterocycles. The van der Waals surface area contributed by atoms with Gasteiger partial charge in [0, 0.05) is 7.11 Å². The fourth-order valence-electron chi connectivity index (χ4n) is 2.65. The van der Waals surface area contributed by atoms with Crippen molar-refractivity contribution in [1.82, 2.24) is 5.43 Å². The molecule has 0 bridgehead atoms. The minimum atomic E-state index is -0.00991. The summed E-state index contributed by atoms with van der Waals surface area (Å²) in [4.78, 5) is 0. The van der Waals surface area contributed by atoms with E-state index in [2.05, 4.69) is 59.1 Å². The van der Waals surface area contributed by atoms with Crippen LogP contribution in [-0.2, 0) is 4.74 Å². The lowest BCUT2D eigenvalue weighted by molar-refractivity contribution is -0.0121. The van der Waals surface area contributed by atoms with E-state index in [1.807, 2.05) is 0 Å². The highest BCUT2D eigenvalue weighted by Gasteiger charge is 2.33. The Labute approximate surface area is 117 Å². The molecule has 0 fully saturated rings. The molecule has 0 aliphatic heterocycles. The van der Waals surface area contributed by atoms with Gasteiger partial charge in [0.1, 0.15) is 0 Å². The largest absolute Gasteiger partial charge is 0.379 e. The fraction of sp³-hybridized carbons (Fsp3) is 0.625. The Morgan fingerprint density at radius 3 is 2.00 bits per heavy atom. The molecule has 3 N–H and O–H groups in total. The first-order valence-electron chi connectivity index (χ1n) is 6.79. The van der Waals surface area contributed by atoms with Gasteiger partial charge >= 0.3 is 0 Å². The van der Waals surface area contributed by atoms with E-state index in [-0.39, 0.29) is 17.6 Å². The van der Waals surface area contributed by atoms with E-state index in [4.69, 9.17) is 10.6 Å². The second-order valence-electron chi connectivity index (χ2n) is 6.46. The SMILES string of the molecule is COC(C(NN)c1cc(C)c(C)cc1C)C(C)(C)C. The molecule has 1 aromatic carbocycles. The van der Waals surface area contributed by atoms with E-state index < -0.39 is 0 Å². The molecule has 108 valence electrons. The smallest absolute Gasteiger partial charge is 0.0827 e. The van der Waals surface area contributed by atoms with Gasteiger partial charge in [-0.25, -0.2) is 0 Å². The zero-order valence-electron chi connectivity index (χ0n) is 13.3. The van der Waals surface area contributed by atoms with E-state index >= 15 is 0 Å². The van der Waals surface area contributed by atoms with Crippen LogP contribution in [0.15, 0.2) is 12.1 Å². The monoisotopic (exact) mass is 264 g/mol. The number of hydrazine groups is 1. The predicted octanol–water partition coefficient (Wildman–Crippen LogP) is 3.18. The second kappa shape index (κ2) is 6.04. The molecule has 19 heavy (non-hydrogen) atoms. The van der Waals surface area contributed by atoms with Gasteiger partial charge in [0.05, 0.1) is 12.1 Å². The van der Waals surface area contributed by atoms with Crippen LogP contribution < -0.4 is 11.3 Å². The third-order valence-corrected chi connectivity index (χ3v) is 3.81. The van der Waals surface area contributed by atoms with Crippen LogP contribution in [0, 0.1) is 26.2 Å². The highest BCUT2D eigenvalue weighted by molar-refractivity contribution is 5.38. The number of methoxy groups -OCH3 is 1. The van der Waals surface area contributed by atoms with Crippen molar-refractivity contribution in [3.8, 4) is 0 Å². The standard InChI is InChI=1S/C16H28N2O/c1-10-8-12(3)13(9-11(10)2)14(18-17)15(19-7)16(4,5)6/h8-9,14-15,18H,17H2,1-7H3. The maximum absolute atomic E-state index is 5.80. The van der Waals surface area contributed by atoms with Crippen molar-refractivity contribution in [3.05, 3.63) is 34.4 Å². The molecular weight excluding hydrogens is 236 g/mol. The Morgan fingerprint density at radius 2 is 1.58 bits per heavy atom. The van der Waals surface area contributed by atoms with Crippen molar-refractivity contribution in [2.75, 3.05) is 7.11 Å². The Bertz CT molecular complexity index is 435. The minimum Gasteiger partial charge on any atom is -0.379 e. The second-order valence-corrected chi connectivity index (χ2v) is 6.46. The maximum Gasteiger partial charge on any atom is 0.0827 e. The third-order valence-electron chi connectivity index (χ3n) is 3.81. The molecule has 1 aromatic rings. The Hall–Kier alpha value is -0.900. The van der Waals surface area contributed by atoms with Crippen LogP contribution in [-0.4, -0.2) is 13.2 Å². The molecule has 3 heteroatoms. The topological polar surface area (TPSA) is 47.3 Å². The molecule has 0 aliphatic carbocycles. The Morgan fingerprint density at radius 1 is 1.05 bits per heavy atom. The van der Waals surface area contributed by atoms with Gasteiger partial charge in [0.25, 0.3) is 0 Å². The first-order valence-corrected chi connectivity index (χ1v) is 6.79. The number of nitrogens with one attached hydrogen (secondary N) is 1. The van der Waals surface area contributed by atoms with Gasteiger partial charge in [-0.05, 0) is 48.4 Å². The summed E-state index contributed by atoms with van der Waals surface area (Å²) in [6.45, 7) is 12.9. The van der Waals surface area contributed by atoms with E-state index in [0.29, 0.717) is 0 Å². The highest BCUT2D eigenvalue weighted by atomic mass is 16.5. The lowest BCUT2D eigenvalue weighted by Gasteiger charge is -2.36. The zero-order chi connectivity index (χ0) is 14.8. The van der Waals surface area contributed by atoms with Crippen molar-refractivity contribution < 1.29 is 4.74 Å². The Kier molecular flexibility index (Phi) is 5.13. The van der Waals surface area contributed by atoms with Crippen LogP contribution in [0.5, 0.6) is 0 Å². The fourth-order valence-corrected chi connectivity index (χ4v) is 2.65. The summed E-state index contributed by atoms with van der Waals surface area (Å²) in [5, 5.41) is 0. The molecule has 0 radical (unpaired) electrons. The van der Waals surface area contributed by atoms with Crippen molar-refractivity contribution in [3.63, 3.8) is 0 Å². The average Bonchev–Trinajstić information content (AvgIpc) is 2.29. The number of ether oxygens (including phenoxy) is 1. The van der Waals surface area contributed by atoms with Crippen molar-refractivity contribution in [1.29, 1.82) is 0 Å². The zero-order valence-corrected chi connectivity index (χ0v) is 13.3. The molecule has 3 nitrogen and oxygen atoms in total. The van der Waals surface area contributed by atoms with Crippen LogP contribution in [0.4, 0.5) is 0 Å². The van der Waals surface area contributed by atoms with Crippen LogP contribution >= 0.6 is 0 Å². The molecule has 2 unspecified atom stereocenters. The summed E-state index contributed by atoms with van der Waals surface area (Å²) in [5.74, 6) is 5.80. The summed E-state index contributed by atoms with van der Waals surface area (Å²) < 4.78 is 5.70. The Balaban J connectivity index is 3.27. The molecule has 0 aliphatic rings. The van der Waals surface area contributed by atoms with Gasteiger partial charge < -0.3 is 4.74 Å². The lowest BCUT2D eigenvalue weighted by atomic mass is 9.80. The van der Waals surface area contributed by atoms with Gasteiger partial charge in [-0.15, -0.1) is 0 Å². The quantitative estimate of drug-likeness (QED) is 0.648. The molecule has 0 amide bonds. The van der Waals surface area contributed by atoms with Crippen LogP contribution in [0.3, 0.4) is 0 Å². The number of aryl methyl sites for hydroxylation is 3. The van der Waals surface area contributed by atoms with Gasteiger partial charge in [-0.2, -0.15) is 0 Å². The van der Waals surface area contributed by atoms with Gasteiger partial charge in [0.2, 0.25) is 0 Å². The van der Waals surface area contributed by atoms with Crippen molar-refractivity contribution in [2.45, 2.75) is 53.7 Å². The van der Waals surface area contributed by atoms with E-state index in [0.717, 1.165) is 0 Å². The van der Waals surface area contributed by atoms with Gasteiger partial charge in [0.15, 0.2) is 0 Å². The summed E-state index contributed by atoms with van der Waals surface area (Å²) in [5.41, 5.74) is 8.00. The molecule has 0 heterocycles. The minimum absolute atomic E-state index is 0.00991. The molecule has 0 saturated carbocycles. The summed E-state index contributed by atoms with van der Waals surface area (Å²) >= 11 is 0. The van der Waals surface area contributed by atoms with E-state index in [1.165, 1.54) is 22.3 Å². The summed E-state index contributed by atoms with van der Waals surface area (Å²) in [6.07, 6.45) is 0.0123. The number of nitrogens with two attached hydrogens (primary N) is 1. The van der Waals surface area contributed by atoms with E-state index in [9.17, 15) is 0 Å². The van der Waals surface area contributed by atoms with Crippen LogP contribution in [0.2, 0.25) is 0 Å². The average molecular weight is 264 g/mol. The molecule has 0 aromatic heterocycles. The van der Waals surface area contributed by atoms with Gasteiger partial charge in [-0.1, -0.05) is 32.9 Å². The maximum atomic E-state index is 5.80. The molecule has 2 atom stereocenters. The highest BCUT2D eigenvalue weighted by Crippen LogP contribution is 2.34. The van der Waals surface area contributed by atoms with Crippen LogP contribution in [0.1, 0.15) is 49.1 Å². The normalized spacial score (nSPS) is 15.4. The van der Waals surface area contributed by atoms with E-state index in [1.54, 1.807) is 7.11 Å². The number of benzene rings is 1. The third kappa shape index (κ3) is 3.56. The predicted molar refractivity (Wildman–Crippen MR) is 81.0 cm³/mol. The van der Waals surface area contributed by atoms with Crippen molar-refractivity contribution >= 4 is 0 Å². The first kappa shape index (κ1) is 16.2. The summed E-state index contributed by atoms with van der Waals surface area (Å²) in [7, 11) is 1.75. The van der Waals surface area contributed by atoms with Crippen molar-refractivity contribution in [2.24, 2.45) is 11.3 Å². The molecule has 0 spiro atoms. The molecule has 1 rings (SSSR count). The number of hydrogen-bond donors (Lipinski definition) is 2. The summed E-state index contributed by atoms with van der Waals surface area (Å²) in [6, 6.07) is 4.42. The van der Waals surface area contributed by atoms with Crippen LogP contribution in [0.25, 0.3) is 0 Å². The first-order chi connectivity index (χ1) is 8.72. The number of rotatable bonds is 4. The van der Waals surface area contributed by atoms with Gasteiger partial charge in [-0.3, -0.25) is 11.3 Å².